The summed E-state index contributed by atoms with van der Waals surface area (Å²) in [4.78, 5) is 21.1. The summed E-state index contributed by atoms with van der Waals surface area (Å²) in [5, 5.41) is 9.39. The number of aliphatic hydroxyl groups excluding tert-OH is 1. The van der Waals surface area contributed by atoms with E-state index < -0.39 is 0 Å². The van der Waals surface area contributed by atoms with Gasteiger partial charge in [-0.2, -0.15) is 0 Å². The molecule has 1 amide bonds. The van der Waals surface area contributed by atoms with Crippen molar-refractivity contribution in [3.8, 4) is 0 Å². The largest absolute Gasteiger partial charge is 0.395 e. The van der Waals surface area contributed by atoms with Gasteiger partial charge in [-0.25, -0.2) is 4.98 Å². The molecule has 22 heavy (non-hydrogen) atoms. The Kier molecular flexibility index (Phi) is 4.40. The Labute approximate surface area is 130 Å². The first-order valence-corrected chi connectivity index (χ1v) is 7.81. The van der Waals surface area contributed by atoms with Gasteiger partial charge in [0.1, 0.15) is 11.3 Å². The minimum absolute atomic E-state index is 0.0235. The summed E-state index contributed by atoms with van der Waals surface area (Å²) in [6.45, 7) is 5.25. The molecule has 1 N–H and O–H groups in total. The maximum Gasteiger partial charge on any atom is 0.272 e. The Morgan fingerprint density at radius 1 is 1.32 bits per heavy atom. The van der Waals surface area contributed by atoms with Gasteiger partial charge in [0.05, 0.1) is 12.8 Å². The van der Waals surface area contributed by atoms with Gasteiger partial charge in [0, 0.05) is 38.4 Å². The summed E-state index contributed by atoms with van der Waals surface area (Å²) in [5.41, 5.74) is 1.40. The molecule has 118 valence electrons. The second-order valence-electron chi connectivity index (χ2n) is 5.65. The second kappa shape index (κ2) is 6.46. The van der Waals surface area contributed by atoms with Crippen LogP contribution >= 0.6 is 0 Å². The molecule has 2 aromatic rings. The lowest BCUT2D eigenvalue weighted by molar-refractivity contribution is 0.0467. The molecule has 0 aromatic carbocycles. The zero-order chi connectivity index (χ0) is 15.5. The highest BCUT2D eigenvalue weighted by Crippen LogP contribution is 2.13. The first kappa shape index (κ1) is 15.0. The molecule has 1 saturated heterocycles. The van der Waals surface area contributed by atoms with Crippen molar-refractivity contribution in [3.05, 3.63) is 36.3 Å². The lowest BCUT2D eigenvalue weighted by Crippen LogP contribution is -2.52. The minimum Gasteiger partial charge on any atom is -0.395 e. The van der Waals surface area contributed by atoms with Gasteiger partial charge in [-0.15, -0.1) is 0 Å². The molecule has 3 heterocycles. The fourth-order valence-corrected chi connectivity index (χ4v) is 3.05. The van der Waals surface area contributed by atoms with Crippen LogP contribution in [-0.2, 0) is 0 Å². The highest BCUT2D eigenvalue weighted by Gasteiger charge is 2.26. The van der Waals surface area contributed by atoms with Crippen LogP contribution in [0.2, 0.25) is 0 Å². The lowest BCUT2D eigenvalue weighted by atomic mass is 10.1. The van der Waals surface area contributed by atoms with E-state index in [1.54, 1.807) is 6.20 Å². The minimum atomic E-state index is 0.0235. The third kappa shape index (κ3) is 2.71. The molecule has 0 bridgehead atoms. The number of aromatic nitrogens is 2. The molecule has 0 radical (unpaired) electrons. The number of rotatable bonds is 4. The van der Waals surface area contributed by atoms with Crippen LogP contribution in [0.4, 0.5) is 0 Å². The molecule has 1 unspecified atom stereocenters. The van der Waals surface area contributed by atoms with Crippen molar-refractivity contribution in [2.75, 3.05) is 32.8 Å². The monoisotopic (exact) mass is 302 g/mol. The number of amides is 1. The Morgan fingerprint density at radius 2 is 2.09 bits per heavy atom. The van der Waals surface area contributed by atoms with Gasteiger partial charge in [-0.1, -0.05) is 13.0 Å². The number of aliphatic hydroxyl groups is 1. The molecule has 1 fully saturated rings. The SMILES string of the molecule is CCC(CO)N1CCN(C(=O)c2cnc3ccccn23)CC1. The molecule has 1 aliphatic rings. The number of carbonyl (C=O) groups excluding carboxylic acids is 1. The van der Waals surface area contributed by atoms with Gasteiger partial charge in [-0.05, 0) is 18.6 Å². The Hall–Kier alpha value is -1.92. The predicted molar refractivity (Wildman–Crippen MR) is 83.8 cm³/mol. The molecule has 0 spiro atoms. The number of carbonyl (C=O) groups is 1. The van der Waals surface area contributed by atoms with E-state index in [2.05, 4.69) is 16.8 Å². The number of fused-ring (bicyclic) bond motifs is 1. The number of piperazine rings is 1. The normalized spacial score (nSPS) is 17.8. The molecule has 1 aliphatic heterocycles. The van der Waals surface area contributed by atoms with Crippen molar-refractivity contribution < 1.29 is 9.90 Å². The number of pyridine rings is 1. The van der Waals surface area contributed by atoms with E-state index in [0.717, 1.165) is 25.2 Å². The average Bonchev–Trinajstić information content (AvgIpc) is 3.00. The van der Waals surface area contributed by atoms with Gasteiger partial charge in [0.2, 0.25) is 0 Å². The molecule has 0 aliphatic carbocycles. The van der Waals surface area contributed by atoms with Gasteiger partial charge >= 0.3 is 0 Å². The van der Waals surface area contributed by atoms with E-state index in [1.807, 2.05) is 33.7 Å². The zero-order valence-electron chi connectivity index (χ0n) is 12.9. The summed E-state index contributed by atoms with van der Waals surface area (Å²) in [5.74, 6) is 0.0235. The first-order valence-electron chi connectivity index (χ1n) is 7.81. The highest BCUT2D eigenvalue weighted by atomic mass is 16.3. The molecule has 2 aromatic heterocycles. The average molecular weight is 302 g/mol. The van der Waals surface area contributed by atoms with Crippen LogP contribution in [0.1, 0.15) is 23.8 Å². The van der Waals surface area contributed by atoms with Gasteiger partial charge < -0.3 is 10.0 Å². The quantitative estimate of drug-likeness (QED) is 0.910. The summed E-state index contributed by atoms with van der Waals surface area (Å²) in [7, 11) is 0. The highest BCUT2D eigenvalue weighted by molar-refractivity contribution is 5.93. The maximum absolute atomic E-state index is 12.7. The Bertz CT molecular complexity index is 642. The van der Waals surface area contributed by atoms with Crippen LogP contribution in [-0.4, -0.2) is 69.0 Å². The third-order valence-electron chi connectivity index (χ3n) is 4.44. The lowest BCUT2D eigenvalue weighted by Gasteiger charge is -2.38. The summed E-state index contributed by atoms with van der Waals surface area (Å²) < 4.78 is 1.83. The van der Waals surface area contributed by atoms with Crippen molar-refractivity contribution in [2.24, 2.45) is 0 Å². The van der Waals surface area contributed by atoms with Gasteiger partial charge in [0.15, 0.2) is 0 Å². The van der Waals surface area contributed by atoms with E-state index in [1.165, 1.54) is 0 Å². The Morgan fingerprint density at radius 3 is 2.77 bits per heavy atom. The molecule has 6 nitrogen and oxygen atoms in total. The number of hydrogen-bond donors (Lipinski definition) is 1. The van der Waals surface area contributed by atoms with Crippen molar-refractivity contribution in [1.29, 1.82) is 0 Å². The first-order chi connectivity index (χ1) is 10.7. The van der Waals surface area contributed by atoms with Crippen LogP contribution in [0.25, 0.3) is 5.65 Å². The smallest absolute Gasteiger partial charge is 0.272 e. The summed E-state index contributed by atoms with van der Waals surface area (Å²) >= 11 is 0. The molecule has 3 rings (SSSR count). The zero-order valence-corrected chi connectivity index (χ0v) is 12.9. The fraction of sp³-hybridized carbons (Fsp3) is 0.500. The maximum atomic E-state index is 12.7. The Balaban J connectivity index is 1.70. The van der Waals surface area contributed by atoms with E-state index in [4.69, 9.17) is 0 Å². The summed E-state index contributed by atoms with van der Waals surface area (Å²) in [6, 6.07) is 5.90. The number of imidazole rings is 1. The fourth-order valence-electron chi connectivity index (χ4n) is 3.05. The van der Waals surface area contributed by atoms with E-state index in [-0.39, 0.29) is 18.6 Å². The summed E-state index contributed by atoms with van der Waals surface area (Å²) in [6.07, 6.45) is 4.44. The van der Waals surface area contributed by atoms with Crippen molar-refractivity contribution in [3.63, 3.8) is 0 Å². The second-order valence-corrected chi connectivity index (χ2v) is 5.65. The molecular weight excluding hydrogens is 280 g/mol. The van der Waals surface area contributed by atoms with Crippen molar-refractivity contribution >= 4 is 11.6 Å². The molecule has 0 saturated carbocycles. The predicted octanol–water partition coefficient (Wildman–Crippen LogP) is 0.863. The molecule has 1 atom stereocenters. The van der Waals surface area contributed by atoms with E-state index in [9.17, 15) is 9.90 Å². The van der Waals surface area contributed by atoms with Crippen LogP contribution in [0.15, 0.2) is 30.6 Å². The van der Waals surface area contributed by atoms with Gasteiger partial charge in [-0.3, -0.25) is 14.1 Å². The third-order valence-corrected chi connectivity index (χ3v) is 4.44. The number of hydrogen-bond acceptors (Lipinski definition) is 4. The van der Waals surface area contributed by atoms with Crippen LogP contribution in [0.3, 0.4) is 0 Å². The van der Waals surface area contributed by atoms with Crippen LogP contribution in [0.5, 0.6) is 0 Å². The van der Waals surface area contributed by atoms with Crippen molar-refractivity contribution in [2.45, 2.75) is 19.4 Å². The van der Waals surface area contributed by atoms with Crippen molar-refractivity contribution in [1.82, 2.24) is 19.2 Å². The number of nitrogens with zero attached hydrogens (tertiary/aromatic N) is 4. The van der Waals surface area contributed by atoms with E-state index >= 15 is 0 Å². The molecular formula is C16H22N4O2. The topological polar surface area (TPSA) is 61.1 Å². The standard InChI is InChI=1S/C16H22N4O2/c1-2-13(12-21)18-7-9-19(10-8-18)16(22)14-11-17-15-5-3-4-6-20(14)15/h3-6,11,13,21H,2,7-10,12H2,1H3. The van der Waals surface area contributed by atoms with Gasteiger partial charge in [0.25, 0.3) is 5.91 Å². The van der Waals surface area contributed by atoms with Crippen LogP contribution in [0, 0.1) is 0 Å². The van der Waals surface area contributed by atoms with Crippen LogP contribution < -0.4 is 0 Å². The molecule has 6 heteroatoms. The van der Waals surface area contributed by atoms with E-state index in [0.29, 0.717) is 18.8 Å².